The smallest absolute Gasteiger partial charge is 0.226 e. The van der Waals surface area contributed by atoms with Crippen molar-refractivity contribution in [3.8, 4) is 0 Å². The summed E-state index contributed by atoms with van der Waals surface area (Å²) in [6.45, 7) is 2.67. The van der Waals surface area contributed by atoms with Crippen LogP contribution in [0.3, 0.4) is 0 Å². The van der Waals surface area contributed by atoms with Crippen molar-refractivity contribution in [2.75, 3.05) is 26.3 Å². The third-order valence-corrected chi connectivity index (χ3v) is 2.40. The molecule has 0 amide bonds. The lowest BCUT2D eigenvalue weighted by molar-refractivity contribution is -0.131. The van der Waals surface area contributed by atoms with Gasteiger partial charge in [-0.05, 0) is 18.9 Å². The summed E-state index contributed by atoms with van der Waals surface area (Å²) < 4.78 is 10.7. The highest BCUT2D eigenvalue weighted by Gasteiger charge is 2.26. The summed E-state index contributed by atoms with van der Waals surface area (Å²) in [5.41, 5.74) is 0. The van der Waals surface area contributed by atoms with E-state index in [0.717, 1.165) is 19.4 Å². The predicted octanol–water partition coefficient (Wildman–Crippen LogP) is 0.238. The molecule has 1 atom stereocenters. The number of nitrogens with one attached hydrogen (secondary N) is 1. The van der Waals surface area contributed by atoms with Gasteiger partial charge in [-0.25, -0.2) is 0 Å². The Morgan fingerprint density at radius 1 is 1.50 bits per heavy atom. The van der Waals surface area contributed by atoms with Gasteiger partial charge in [0, 0.05) is 13.1 Å². The zero-order chi connectivity index (χ0) is 9.80. The molecule has 2 aliphatic rings. The lowest BCUT2D eigenvalue weighted by Gasteiger charge is -2.24. The largest absolute Gasteiger partial charge is 0.490 e. The van der Waals surface area contributed by atoms with Crippen molar-refractivity contribution in [3.63, 3.8) is 0 Å². The molecule has 2 aliphatic heterocycles. The number of rotatable bonds is 2. The fourth-order valence-corrected chi connectivity index (χ4v) is 1.62. The number of allylic oxidation sites excluding steroid dienone is 1. The van der Waals surface area contributed by atoms with Crippen LogP contribution in [0.5, 0.6) is 0 Å². The van der Waals surface area contributed by atoms with Crippen molar-refractivity contribution in [1.82, 2.24) is 5.32 Å². The van der Waals surface area contributed by atoms with Gasteiger partial charge < -0.3 is 14.8 Å². The number of ketones is 1. The summed E-state index contributed by atoms with van der Waals surface area (Å²) >= 11 is 0. The van der Waals surface area contributed by atoms with E-state index in [0.29, 0.717) is 25.5 Å². The van der Waals surface area contributed by atoms with Gasteiger partial charge in [0.25, 0.3) is 0 Å². The second kappa shape index (κ2) is 4.57. The molecule has 4 nitrogen and oxygen atoms in total. The molecule has 0 aliphatic carbocycles. The molecule has 2 rings (SSSR count). The molecule has 0 aromatic heterocycles. The van der Waals surface area contributed by atoms with Crippen LogP contribution < -0.4 is 5.32 Å². The second-order valence-electron chi connectivity index (χ2n) is 3.49. The van der Waals surface area contributed by atoms with E-state index in [1.54, 1.807) is 0 Å². The molecule has 78 valence electrons. The molecule has 1 N–H and O–H groups in total. The van der Waals surface area contributed by atoms with Crippen LogP contribution in [0.2, 0.25) is 0 Å². The minimum atomic E-state index is -0.354. The van der Waals surface area contributed by atoms with Crippen molar-refractivity contribution < 1.29 is 14.3 Å². The van der Waals surface area contributed by atoms with Crippen LogP contribution in [-0.4, -0.2) is 38.2 Å². The topological polar surface area (TPSA) is 47.6 Å². The molecular weight excluding hydrogens is 182 g/mol. The summed E-state index contributed by atoms with van der Waals surface area (Å²) in [4.78, 5) is 11.8. The Hall–Kier alpha value is -0.870. The lowest BCUT2D eigenvalue weighted by atomic mass is 10.1. The van der Waals surface area contributed by atoms with Gasteiger partial charge in [-0.1, -0.05) is 0 Å². The molecule has 0 spiro atoms. The van der Waals surface area contributed by atoms with Crippen molar-refractivity contribution in [3.05, 3.63) is 11.8 Å². The first-order valence-electron chi connectivity index (χ1n) is 5.07. The third-order valence-electron chi connectivity index (χ3n) is 2.40. The number of hydrogen-bond acceptors (Lipinski definition) is 4. The van der Waals surface area contributed by atoms with Gasteiger partial charge in [0.05, 0.1) is 13.2 Å². The van der Waals surface area contributed by atoms with Gasteiger partial charge in [-0.2, -0.15) is 0 Å². The minimum Gasteiger partial charge on any atom is -0.490 e. The molecule has 4 heteroatoms. The monoisotopic (exact) mass is 197 g/mol. The average Bonchev–Trinajstić information content (AvgIpc) is 2.30. The van der Waals surface area contributed by atoms with Crippen molar-refractivity contribution in [2.45, 2.75) is 18.9 Å². The van der Waals surface area contributed by atoms with Crippen LogP contribution >= 0.6 is 0 Å². The second-order valence-corrected chi connectivity index (χ2v) is 3.49. The zero-order valence-corrected chi connectivity index (χ0v) is 8.12. The lowest BCUT2D eigenvalue weighted by Crippen LogP contribution is -2.44. The summed E-state index contributed by atoms with van der Waals surface area (Å²) in [6, 6.07) is 0. The SMILES string of the molecule is O=C(C1=CCCCO1)C1CNCCO1. The maximum atomic E-state index is 11.8. The number of carbonyl (C=O) groups is 1. The van der Waals surface area contributed by atoms with Crippen LogP contribution in [0, 0.1) is 0 Å². The highest BCUT2D eigenvalue weighted by Crippen LogP contribution is 2.14. The molecule has 0 radical (unpaired) electrons. The number of ether oxygens (including phenoxy) is 2. The van der Waals surface area contributed by atoms with E-state index in [1.165, 1.54) is 0 Å². The Labute approximate surface area is 83.3 Å². The maximum Gasteiger partial charge on any atom is 0.226 e. The van der Waals surface area contributed by atoms with Crippen LogP contribution in [-0.2, 0) is 14.3 Å². The van der Waals surface area contributed by atoms with E-state index >= 15 is 0 Å². The summed E-state index contributed by atoms with van der Waals surface area (Å²) in [5.74, 6) is 0.474. The number of carbonyl (C=O) groups excluding carboxylic acids is 1. The molecule has 14 heavy (non-hydrogen) atoms. The summed E-state index contributed by atoms with van der Waals surface area (Å²) in [6.07, 6.45) is 3.44. The van der Waals surface area contributed by atoms with E-state index in [4.69, 9.17) is 9.47 Å². The fourth-order valence-electron chi connectivity index (χ4n) is 1.62. The van der Waals surface area contributed by atoms with Gasteiger partial charge in [0.15, 0.2) is 5.76 Å². The summed E-state index contributed by atoms with van der Waals surface area (Å²) in [7, 11) is 0. The zero-order valence-electron chi connectivity index (χ0n) is 8.12. The Bertz CT molecular complexity index is 244. The van der Waals surface area contributed by atoms with Crippen molar-refractivity contribution in [2.24, 2.45) is 0 Å². The summed E-state index contributed by atoms with van der Waals surface area (Å²) in [5, 5.41) is 3.13. The first-order chi connectivity index (χ1) is 6.88. The van der Waals surface area contributed by atoms with E-state index in [-0.39, 0.29) is 11.9 Å². The first-order valence-corrected chi connectivity index (χ1v) is 5.07. The van der Waals surface area contributed by atoms with Crippen molar-refractivity contribution in [1.29, 1.82) is 0 Å². The van der Waals surface area contributed by atoms with E-state index in [2.05, 4.69) is 5.32 Å². The average molecular weight is 197 g/mol. The normalized spacial score (nSPS) is 27.7. The Morgan fingerprint density at radius 3 is 3.07 bits per heavy atom. The van der Waals surface area contributed by atoms with E-state index < -0.39 is 0 Å². The van der Waals surface area contributed by atoms with Gasteiger partial charge in [0.1, 0.15) is 6.10 Å². The van der Waals surface area contributed by atoms with Crippen LogP contribution in [0.4, 0.5) is 0 Å². The third kappa shape index (κ3) is 2.13. The molecule has 1 unspecified atom stereocenters. The van der Waals surface area contributed by atoms with Crippen LogP contribution in [0.15, 0.2) is 11.8 Å². The first kappa shape index (κ1) is 9.68. The van der Waals surface area contributed by atoms with Crippen LogP contribution in [0.1, 0.15) is 12.8 Å². The van der Waals surface area contributed by atoms with Gasteiger partial charge in [-0.3, -0.25) is 4.79 Å². The molecule has 2 heterocycles. The predicted molar refractivity (Wildman–Crippen MR) is 50.9 cm³/mol. The molecular formula is C10H15NO3. The van der Waals surface area contributed by atoms with Gasteiger partial charge in [0.2, 0.25) is 5.78 Å². The Kier molecular flexibility index (Phi) is 3.16. The Balaban J connectivity index is 1.95. The number of Topliss-reactive ketones (excluding diaryl/α,β-unsaturated/α-hetero) is 1. The highest BCUT2D eigenvalue weighted by molar-refractivity contribution is 5.97. The van der Waals surface area contributed by atoms with E-state index in [9.17, 15) is 4.79 Å². The molecule has 0 aromatic rings. The number of hydrogen-bond donors (Lipinski definition) is 1. The van der Waals surface area contributed by atoms with Crippen molar-refractivity contribution >= 4 is 5.78 Å². The minimum absolute atomic E-state index is 0.0168. The highest BCUT2D eigenvalue weighted by atomic mass is 16.5. The fraction of sp³-hybridized carbons (Fsp3) is 0.700. The van der Waals surface area contributed by atoms with Crippen LogP contribution in [0.25, 0.3) is 0 Å². The van der Waals surface area contributed by atoms with Gasteiger partial charge in [-0.15, -0.1) is 0 Å². The standard InChI is InChI=1S/C10H15NO3/c12-10(8-3-1-2-5-13-8)9-7-11-4-6-14-9/h3,9,11H,1-2,4-7H2. The van der Waals surface area contributed by atoms with Gasteiger partial charge >= 0.3 is 0 Å². The number of morpholine rings is 1. The van der Waals surface area contributed by atoms with E-state index in [1.807, 2.05) is 6.08 Å². The molecule has 0 saturated carbocycles. The molecule has 0 bridgehead atoms. The Morgan fingerprint density at radius 2 is 2.43 bits per heavy atom. The quantitative estimate of drug-likeness (QED) is 0.688. The molecule has 0 aromatic carbocycles. The maximum absolute atomic E-state index is 11.8. The molecule has 1 saturated heterocycles. The molecule has 1 fully saturated rings.